The van der Waals surface area contributed by atoms with Crippen LogP contribution in [0.1, 0.15) is 5.56 Å². The number of ether oxygens (including phenoxy) is 1. The van der Waals surface area contributed by atoms with E-state index in [2.05, 4.69) is 5.32 Å². The van der Waals surface area contributed by atoms with Gasteiger partial charge in [0.1, 0.15) is 5.75 Å². The summed E-state index contributed by atoms with van der Waals surface area (Å²) >= 11 is 0. The maximum absolute atomic E-state index is 12.3. The summed E-state index contributed by atoms with van der Waals surface area (Å²) in [6, 6.07) is 2.41. The number of benzene rings is 1. The first-order valence-electron chi connectivity index (χ1n) is 5.26. The first-order chi connectivity index (χ1) is 9.10. The molecule has 1 heterocycles. The Labute approximate surface area is 112 Å². The minimum atomic E-state index is -5.52. The summed E-state index contributed by atoms with van der Waals surface area (Å²) in [4.78, 5) is 11.1. The fourth-order valence-electron chi connectivity index (χ4n) is 1.54. The summed E-state index contributed by atoms with van der Waals surface area (Å²) in [5, 5.41) is 2.37. The van der Waals surface area contributed by atoms with Crippen LogP contribution >= 0.6 is 0 Å². The van der Waals surface area contributed by atoms with E-state index in [1.54, 1.807) is 0 Å². The SMILES string of the molecule is Cc1cc2c(cc1NS(=O)(=O)C(F)(F)F)NC(=O)CO2. The molecule has 1 aromatic rings. The molecule has 1 aromatic carbocycles. The Morgan fingerprint density at radius 3 is 2.60 bits per heavy atom. The van der Waals surface area contributed by atoms with Gasteiger partial charge in [-0.15, -0.1) is 0 Å². The summed E-state index contributed by atoms with van der Waals surface area (Å²) in [6.45, 7) is 1.20. The van der Waals surface area contributed by atoms with E-state index < -0.39 is 21.4 Å². The van der Waals surface area contributed by atoms with Crippen LogP contribution < -0.4 is 14.8 Å². The molecule has 0 spiro atoms. The minimum Gasteiger partial charge on any atom is -0.482 e. The molecule has 110 valence electrons. The number of amides is 1. The van der Waals surface area contributed by atoms with Gasteiger partial charge in [0, 0.05) is 0 Å². The van der Waals surface area contributed by atoms with Gasteiger partial charge in [-0.25, -0.2) is 0 Å². The predicted molar refractivity (Wildman–Crippen MR) is 63.9 cm³/mol. The summed E-state index contributed by atoms with van der Waals surface area (Å²) in [7, 11) is -5.52. The maximum atomic E-state index is 12.3. The number of rotatable bonds is 2. The van der Waals surface area contributed by atoms with Crippen molar-refractivity contribution in [2.75, 3.05) is 16.6 Å². The molecule has 0 fully saturated rings. The first kappa shape index (κ1) is 14.4. The number of aryl methyl sites for hydroxylation is 1. The Bertz CT molecular complexity index is 670. The van der Waals surface area contributed by atoms with Crippen molar-refractivity contribution in [3.05, 3.63) is 17.7 Å². The Kier molecular flexibility index (Phi) is 3.28. The monoisotopic (exact) mass is 310 g/mol. The van der Waals surface area contributed by atoms with Crippen molar-refractivity contribution in [3.63, 3.8) is 0 Å². The number of hydrogen-bond donors (Lipinski definition) is 2. The zero-order valence-electron chi connectivity index (χ0n) is 10.0. The van der Waals surface area contributed by atoms with Crippen LogP contribution in [0.4, 0.5) is 24.5 Å². The standard InChI is InChI=1S/C10H9F3N2O4S/c1-5-2-8-7(14-9(16)4-19-8)3-6(5)15-20(17,18)10(11,12)13/h2-3,15H,4H2,1H3,(H,14,16). The van der Waals surface area contributed by atoms with E-state index in [4.69, 9.17) is 4.74 Å². The Hall–Kier alpha value is -1.97. The van der Waals surface area contributed by atoms with Crippen LogP contribution in [0.2, 0.25) is 0 Å². The molecule has 0 aliphatic carbocycles. The Morgan fingerprint density at radius 1 is 1.35 bits per heavy atom. The van der Waals surface area contributed by atoms with E-state index in [-0.39, 0.29) is 29.3 Å². The quantitative estimate of drug-likeness (QED) is 0.869. The molecule has 1 amide bonds. The molecular formula is C10H9F3N2O4S. The first-order valence-corrected chi connectivity index (χ1v) is 6.75. The smallest absolute Gasteiger partial charge is 0.482 e. The van der Waals surface area contributed by atoms with Gasteiger partial charge in [-0.05, 0) is 24.6 Å². The molecule has 20 heavy (non-hydrogen) atoms. The molecule has 1 aliphatic heterocycles. The van der Waals surface area contributed by atoms with E-state index in [1.807, 2.05) is 0 Å². The van der Waals surface area contributed by atoms with Crippen LogP contribution in [0.25, 0.3) is 0 Å². The van der Waals surface area contributed by atoms with Gasteiger partial charge in [0.15, 0.2) is 6.61 Å². The number of carbonyl (C=O) groups is 1. The summed E-state index contributed by atoms with van der Waals surface area (Å²) in [5.41, 5.74) is -5.37. The number of fused-ring (bicyclic) bond motifs is 1. The maximum Gasteiger partial charge on any atom is 0.516 e. The summed E-state index contributed by atoms with van der Waals surface area (Å²) in [6.07, 6.45) is 0. The lowest BCUT2D eigenvalue weighted by Gasteiger charge is -2.20. The number of anilines is 2. The van der Waals surface area contributed by atoms with E-state index in [0.717, 1.165) is 6.07 Å². The molecule has 0 bridgehead atoms. The molecule has 6 nitrogen and oxygen atoms in total. The normalized spacial score (nSPS) is 15.1. The molecule has 0 saturated heterocycles. The lowest BCUT2D eigenvalue weighted by atomic mass is 10.1. The second-order valence-corrected chi connectivity index (χ2v) is 5.73. The molecule has 0 radical (unpaired) electrons. The van der Waals surface area contributed by atoms with E-state index in [0.29, 0.717) is 0 Å². The second kappa shape index (κ2) is 4.54. The largest absolute Gasteiger partial charge is 0.516 e. The highest BCUT2D eigenvalue weighted by atomic mass is 32.2. The van der Waals surface area contributed by atoms with E-state index in [9.17, 15) is 26.4 Å². The molecule has 0 aromatic heterocycles. The third-order valence-electron chi connectivity index (χ3n) is 2.51. The van der Waals surface area contributed by atoms with Gasteiger partial charge in [-0.3, -0.25) is 9.52 Å². The summed E-state index contributed by atoms with van der Waals surface area (Å²) < 4.78 is 65.5. The Balaban J connectivity index is 2.39. The highest BCUT2D eigenvalue weighted by molar-refractivity contribution is 7.93. The topological polar surface area (TPSA) is 84.5 Å². The molecular weight excluding hydrogens is 301 g/mol. The van der Waals surface area contributed by atoms with Gasteiger partial charge in [-0.2, -0.15) is 21.6 Å². The minimum absolute atomic E-state index is 0.103. The molecule has 2 rings (SSSR count). The lowest BCUT2D eigenvalue weighted by molar-refractivity contribution is -0.118. The van der Waals surface area contributed by atoms with Crippen LogP contribution in [-0.2, 0) is 14.8 Å². The van der Waals surface area contributed by atoms with Crippen molar-refractivity contribution >= 4 is 27.3 Å². The fraction of sp³-hybridized carbons (Fsp3) is 0.300. The lowest BCUT2D eigenvalue weighted by Crippen LogP contribution is -2.30. The number of hydrogen-bond acceptors (Lipinski definition) is 4. The highest BCUT2D eigenvalue weighted by Crippen LogP contribution is 2.35. The average molecular weight is 310 g/mol. The van der Waals surface area contributed by atoms with Crippen LogP contribution in [0, 0.1) is 6.92 Å². The van der Waals surface area contributed by atoms with Crippen LogP contribution in [0.5, 0.6) is 5.75 Å². The van der Waals surface area contributed by atoms with Gasteiger partial charge < -0.3 is 10.1 Å². The number of nitrogens with one attached hydrogen (secondary N) is 2. The third-order valence-corrected chi connectivity index (χ3v) is 3.61. The van der Waals surface area contributed by atoms with E-state index >= 15 is 0 Å². The molecule has 0 saturated carbocycles. The number of carbonyl (C=O) groups excluding carboxylic acids is 1. The third kappa shape index (κ3) is 2.64. The van der Waals surface area contributed by atoms with Crippen LogP contribution in [-0.4, -0.2) is 26.4 Å². The van der Waals surface area contributed by atoms with Crippen molar-refractivity contribution in [2.45, 2.75) is 12.4 Å². The van der Waals surface area contributed by atoms with Gasteiger partial charge in [0.25, 0.3) is 5.91 Å². The van der Waals surface area contributed by atoms with Gasteiger partial charge in [-0.1, -0.05) is 0 Å². The fourth-order valence-corrected chi connectivity index (χ4v) is 2.17. The molecule has 2 N–H and O–H groups in total. The van der Waals surface area contributed by atoms with E-state index in [1.165, 1.54) is 17.7 Å². The number of sulfonamides is 1. The number of halogens is 3. The Morgan fingerprint density at radius 2 is 2.00 bits per heavy atom. The number of alkyl halides is 3. The molecule has 0 atom stereocenters. The highest BCUT2D eigenvalue weighted by Gasteiger charge is 2.46. The van der Waals surface area contributed by atoms with Crippen LogP contribution in [0.3, 0.4) is 0 Å². The average Bonchev–Trinajstić information content (AvgIpc) is 2.29. The van der Waals surface area contributed by atoms with Gasteiger partial charge in [0.05, 0.1) is 11.4 Å². The zero-order chi connectivity index (χ0) is 15.1. The van der Waals surface area contributed by atoms with Crippen LogP contribution in [0.15, 0.2) is 12.1 Å². The molecule has 1 aliphatic rings. The van der Waals surface area contributed by atoms with Crippen molar-refractivity contribution in [1.82, 2.24) is 0 Å². The molecule has 0 unspecified atom stereocenters. The van der Waals surface area contributed by atoms with Crippen molar-refractivity contribution in [3.8, 4) is 5.75 Å². The predicted octanol–water partition coefficient (Wildman–Crippen LogP) is 1.59. The van der Waals surface area contributed by atoms with Gasteiger partial charge in [0.2, 0.25) is 0 Å². The summed E-state index contributed by atoms with van der Waals surface area (Å²) in [5.74, 6) is -0.219. The van der Waals surface area contributed by atoms with Crippen molar-refractivity contribution < 1.29 is 31.1 Å². The zero-order valence-corrected chi connectivity index (χ0v) is 10.9. The molecule has 10 heteroatoms. The second-order valence-electron chi connectivity index (χ2n) is 4.05. The van der Waals surface area contributed by atoms with Crippen molar-refractivity contribution in [1.29, 1.82) is 0 Å². The van der Waals surface area contributed by atoms with Crippen molar-refractivity contribution in [2.24, 2.45) is 0 Å². The van der Waals surface area contributed by atoms with Gasteiger partial charge >= 0.3 is 15.5 Å².